The van der Waals surface area contributed by atoms with E-state index in [4.69, 9.17) is 4.74 Å². The van der Waals surface area contributed by atoms with E-state index in [0.717, 1.165) is 41.9 Å². The van der Waals surface area contributed by atoms with Crippen molar-refractivity contribution in [1.82, 2.24) is 14.8 Å². The fourth-order valence-corrected chi connectivity index (χ4v) is 6.28. The lowest BCUT2D eigenvalue weighted by Crippen LogP contribution is -2.40. The third-order valence-corrected chi connectivity index (χ3v) is 8.64. The van der Waals surface area contributed by atoms with Crippen LogP contribution in [0.4, 0.5) is 5.69 Å². The van der Waals surface area contributed by atoms with Crippen molar-refractivity contribution in [2.45, 2.75) is 70.3 Å². The number of ether oxygens (including phenoxy) is 1. The van der Waals surface area contributed by atoms with Crippen LogP contribution in [0.2, 0.25) is 0 Å². The topological polar surface area (TPSA) is 40.6 Å². The molecule has 1 aromatic carbocycles. The number of nitrogens with one attached hydrogen (secondary N) is 1. The number of hydrogen-bond acceptors (Lipinski definition) is 5. The summed E-state index contributed by atoms with van der Waals surface area (Å²) in [4.78, 5) is 10.2. The Hall–Kier alpha value is -2.57. The van der Waals surface area contributed by atoms with Crippen molar-refractivity contribution < 1.29 is 9.22 Å². The first-order valence-electron chi connectivity index (χ1n) is 15.3. The van der Waals surface area contributed by atoms with Crippen molar-refractivity contribution >= 4 is 5.69 Å². The summed E-state index contributed by atoms with van der Waals surface area (Å²) in [5, 5.41) is 3.32. The van der Waals surface area contributed by atoms with Gasteiger partial charge in [-0.1, -0.05) is 25.5 Å². The van der Waals surface area contributed by atoms with Gasteiger partial charge in [0.15, 0.2) is 6.73 Å². The molecule has 1 N–H and O–H groups in total. The number of benzene rings is 1. The van der Waals surface area contributed by atoms with E-state index in [2.05, 4.69) is 78.5 Å². The smallest absolute Gasteiger partial charge is 0.159 e. The Morgan fingerprint density at radius 3 is 2.72 bits per heavy atom. The number of aromatic nitrogens is 1. The fraction of sp³-hybridized carbons (Fsp3) is 0.606. The number of hydrogen-bond donors (Lipinski definition) is 1. The molecule has 0 spiro atoms. The van der Waals surface area contributed by atoms with Crippen LogP contribution in [0.5, 0.6) is 5.75 Å². The highest BCUT2D eigenvalue weighted by atomic mass is 16.5. The molecule has 1 saturated carbocycles. The third kappa shape index (κ3) is 7.76. The van der Waals surface area contributed by atoms with Crippen LogP contribution in [-0.2, 0) is 6.42 Å². The lowest BCUT2D eigenvalue weighted by atomic mass is 9.94. The predicted molar refractivity (Wildman–Crippen MR) is 161 cm³/mol. The number of aryl methyl sites for hydroxylation is 1. The zero-order valence-electron chi connectivity index (χ0n) is 24.8. The van der Waals surface area contributed by atoms with E-state index in [-0.39, 0.29) is 0 Å². The molecule has 6 nitrogen and oxygen atoms in total. The van der Waals surface area contributed by atoms with Gasteiger partial charge in [0.1, 0.15) is 5.75 Å². The van der Waals surface area contributed by atoms with Gasteiger partial charge in [-0.15, -0.1) is 0 Å². The summed E-state index contributed by atoms with van der Waals surface area (Å²) in [5.41, 5.74) is 7.12. The van der Waals surface area contributed by atoms with Gasteiger partial charge in [-0.05, 0) is 79.8 Å². The van der Waals surface area contributed by atoms with Crippen LogP contribution in [0.15, 0.2) is 53.9 Å². The van der Waals surface area contributed by atoms with E-state index in [1.807, 2.05) is 12.3 Å². The molecular weight excluding hydrogens is 482 g/mol. The quantitative estimate of drug-likeness (QED) is 0.308. The second kappa shape index (κ2) is 12.7. The molecule has 2 atom stereocenters. The minimum absolute atomic E-state index is 0.543. The van der Waals surface area contributed by atoms with Crippen LogP contribution in [0.1, 0.15) is 69.0 Å². The summed E-state index contributed by atoms with van der Waals surface area (Å²) >= 11 is 0. The molecule has 6 heteroatoms. The maximum atomic E-state index is 5.84. The molecule has 39 heavy (non-hydrogen) atoms. The van der Waals surface area contributed by atoms with Crippen LogP contribution in [0, 0.1) is 0 Å². The zero-order valence-corrected chi connectivity index (χ0v) is 24.8. The molecule has 2 aromatic rings. The molecule has 0 amide bonds. The van der Waals surface area contributed by atoms with Crippen molar-refractivity contribution in [3.8, 4) is 5.75 Å². The van der Waals surface area contributed by atoms with Gasteiger partial charge in [-0.3, -0.25) is 9.88 Å². The number of rotatable bonds is 14. The summed E-state index contributed by atoms with van der Waals surface area (Å²) in [5.74, 6) is 1.56. The maximum Gasteiger partial charge on any atom is 0.159 e. The van der Waals surface area contributed by atoms with E-state index >= 15 is 0 Å². The SMILES string of the molecule is CCCCN(CCC[N+](C)(C)C)C(CN1CC(c2ccc3c(c2)OCN3)CC1CCc1ccccn1)=C1CC1. The molecule has 3 aliphatic rings. The van der Waals surface area contributed by atoms with E-state index in [1.165, 1.54) is 69.4 Å². The van der Waals surface area contributed by atoms with Gasteiger partial charge < -0.3 is 19.4 Å². The molecule has 1 aromatic heterocycles. The van der Waals surface area contributed by atoms with E-state index in [0.29, 0.717) is 18.7 Å². The molecule has 3 heterocycles. The van der Waals surface area contributed by atoms with Crippen molar-refractivity contribution in [3.05, 3.63) is 65.1 Å². The highest BCUT2D eigenvalue weighted by Crippen LogP contribution is 2.40. The number of allylic oxidation sites excluding steroid dienone is 1. The molecule has 2 aliphatic heterocycles. The average molecular weight is 533 g/mol. The van der Waals surface area contributed by atoms with Crippen molar-refractivity contribution in [2.24, 2.45) is 0 Å². The van der Waals surface area contributed by atoms with Crippen LogP contribution < -0.4 is 10.1 Å². The average Bonchev–Trinajstić information content (AvgIpc) is 3.51. The highest BCUT2D eigenvalue weighted by molar-refractivity contribution is 5.60. The number of pyridine rings is 1. The summed E-state index contributed by atoms with van der Waals surface area (Å²) in [6.45, 7) is 8.71. The minimum Gasteiger partial charge on any atom is -0.471 e. The van der Waals surface area contributed by atoms with E-state index in [9.17, 15) is 0 Å². The molecule has 5 rings (SSSR count). The van der Waals surface area contributed by atoms with Crippen molar-refractivity contribution in [3.63, 3.8) is 0 Å². The Labute approximate surface area is 236 Å². The van der Waals surface area contributed by atoms with Crippen LogP contribution in [-0.4, -0.2) is 85.9 Å². The van der Waals surface area contributed by atoms with Crippen LogP contribution >= 0.6 is 0 Å². The second-order valence-electron chi connectivity index (χ2n) is 12.9. The molecular formula is C33H50N5O+. The van der Waals surface area contributed by atoms with Crippen molar-refractivity contribution in [1.29, 1.82) is 0 Å². The Balaban J connectivity index is 1.33. The molecule has 1 saturated heterocycles. The van der Waals surface area contributed by atoms with Gasteiger partial charge in [-0.25, -0.2) is 0 Å². The Kier molecular flexibility index (Phi) is 9.13. The Morgan fingerprint density at radius 1 is 1.13 bits per heavy atom. The highest BCUT2D eigenvalue weighted by Gasteiger charge is 2.35. The maximum absolute atomic E-state index is 5.84. The lowest BCUT2D eigenvalue weighted by molar-refractivity contribution is -0.870. The molecule has 1 aliphatic carbocycles. The van der Waals surface area contributed by atoms with Crippen LogP contribution in [0.25, 0.3) is 0 Å². The number of likely N-dealkylation sites (tertiary alicyclic amines) is 1. The van der Waals surface area contributed by atoms with Gasteiger partial charge in [0.25, 0.3) is 0 Å². The number of unbranched alkanes of at least 4 members (excludes halogenated alkanes) is 1. The second-order valence-corrected chi connectivity index (χ2v) is 12.9. The molecule has 0 bridgehead atoms. The molecule has 2 fully saturated rings. The van der Waals surface area contributed by atoms with Gasteiger partial charge in [0, 0.05) is 56.2 Å². The standard InChI is InChI=1S/C33H50N5O/c1-5-6-18-36(19-9-20-38(2,3)4)32(26-11-12-26)24-37-23-28(27-13-16-31-33(22-27)39-25-35-31)21-30(37)15-14-29-10-7-8-17-34-29/h7-8,10,13,16-17,22,28,30,35H,5-6,9,11-12,14-15,18-21,23-25H2,1-4H3/q+1. The van der Waals surface area contributed by atoms with Gasteiger partial charge >= 0.3 is 0 Å². The van der Waals surface area contributed by atoms with Gasteiger partial charge in [0.2, 0.25) is 0 Å². The summed E-state index contributed by atoms with van der Waals surface area (Å²) in [7, 11) is 6.94. The Morgan fingerprint density at radius 2 is 1.97 bits per heavy atom. The first-order chi connectivity index (χ1) is 18.9. The summed E-state index contributed by atoms with van der Waals surface area (Å²) < 4.78 is 6.88. The summed E-state index contributed by atoms with van der Waals surface area (Å²) in [6.07, 6.45) is 11.7. The molecule has 2 unspecified atom stereocenters. The number of fused-ring (bicyclic) bond motifs is 1. The first kappa shape index (κ1) is 28.0. The van der Waals surface area contributed by atoms with Crippen LogP contribution in [0.3, 0.4) is 0 Å². The number of anilines is 1. The van der Waals surface area contributed by atoms with Gasteiger partial charge in [0.05, 0.1) is 33.4 Å². The van der Waals surface area contributed by atoms with E-state index in [1.54, 1.807) is 11.3 Å². The molecule has 0 radical (unpaired) electrons. The number of quaternary nitrogens is 1. The number of nitrogens with zero attached hydrogens (tertiary/aromatic N) is 4. The predicted octanol–water partition coefficient (Wildman–Crippen LogP) is 5.88. The minimum atomic E-state index is 0.543. The summed E-state index contributed by atoms with van der Waals surface area (Å²) in [6, 6.07) is 13.7. The monoisotopic (exact) mass is 532 g/mol. The zero-order chi connectivity index (χ0) is 27.2. The fourth-order valence-electron chi connectivity index (χ4n) is 6.28. The lowest BCUT2D eigenvalue weighted by Gasteiger charge is -2.34. The van der Waals surface area contributed by atoms with E-state index < -0.39 is 0 Å². The molecule has 212 valence electrons. The normalized spacial score (nSPS) is 20.5. The first-order valence-corrected chi connectivity index (χ1v) is 15.3. The Bertz CT molecular complexity index is 1100. The van der Waals surface area contributed by atoms with Crippen molar-refractivity contribution in [2.75, 3.05) is 65.9 Å². The largest absolute Gasteiger partial charge is 0.471 e. The third-order valence-electron chi connectivity index (χ3n) is 8.64. The van der Waals surface area contributed by atoms with Gasteiger partial charge in [-0.2, -0.15) is 0 Å².